The van der Waals surface area contributed by atoms with Crippen LogP contribution in [-0.2, 0) is 11.3 Å². The maximum atomic E-state index is 13.8. The molecule has 0 bridgehead atoms. The summed E-state index contributed by atoms with van der Waals surface area (Å²) in [5.41, 5.74) is 0.962. The number of carbonyl (C=O) groups is 1. The van der Waals surface area contributed by atoms with E-state index in [0.29, 0.717) is 26.1 Å². The van der Waals surface area contributed by atoms with Crippen molar-refractivity contribution in [3.05, 3.63) is 24.3 Å². The van der Waals surface area contributed by atoms with Gasteiger partial charge in [0, 0.05) is 43.6 Å². The molecule has 5 nitrogen and oxygen atoms in total. The lowest BCUT2D eigenvalue weighted by Crippen LogP contribution is -2.42. The number of thioether (sulfide) groups is 1. The maximum Gasteiger partial charge on any atom is 0.233 e. The van der Waals surface area contributed by atoms with Crippen LogP contribution in [0, 0.1) is 0 Å². The topological polar surface area (TPSA) is 58.1 Å². The van der Waals surface area contributed by atoms with Gasteiger partial charge in [0.25, 0.3) is 0 Å². The minimum atomic E-state index is -0.839. The summed E-state index contributed by atoms with van der Waals surface area (Å²) in [7, 11) is 0. The third-order valence-electron chi connectivity index (χ3n) is 3.94. The maximum absolute atomic E-state index is 13.8. The van der Waals surface area contributed by atoms with Crippen molar-refractivity contribution in [3.63, 3.8) is 0 Å². The van der Waals surface area contributed by atoms with Gasteiger partial charge in [0.05, 0.1) is 5.25 Å². The van der Waals surface area contributed by atoms with E-state index in [-0.39, 0.29) is 17.2 Å². The van der Waals surface area contributed by atoms with Crippen LogP contribution < -0.4 is 5.32 Å². The zero-order chi connectivity index (χ0) is 15.9. The molecule has 1 aromatic heterocycles. The van der Waals surface area contributed by atoms with Crippen molar-refractivity contribution in [1.82, 2.24) is 20.2 Å². The van der Waals surface area contributed by atoms with Crippen LogP contribution in [0.3, 0.4) is 0 Å². The molecule has 0 aromatic carbocycles. The lowest BCUT2D eigenvalue weighted by Gasteiger charge is -2.24. The van der Waals surface area contributed by atoms with Gasteiger partial charge in [-0.05, 0) is 19.1 Å². The molecule has 1 amide bonds. The highest BCUT2D eigenvalue weighted by atomic mass is 32.2. The summed E-state index contributed by atoms with van der Waals surface area (Å²) >= 11 is 1.55. The summed E-state index contributed by atoms with van der Waals surface area (Å²) < 4.78 is 13.8. The number of hydrogen-bond donors (Lipinski definition) is 1. The second-order valence-electron chi connectivity index (χ2n) is 5.54. The van der Waals surface area contributed by atoms with E-state index in [9.17, 15) is 9.18 Å². The molecule has 0 aliphatic carbocycles. The molecule has 3 atom stereocenters. The molecule has 1 N–H and O–H groups in total. The average Bonchev–Trinajstić information content (AvgIpc) is 2.87. The van der Waals surface area contributed by atoms with Crippen LogP contribution >= 0.6 is 11.8 Å². The number of hydrogen-bond acceptors (Lipinski definition) is 5. The Morgan fingerprint density at radius 2 is 2.27 bits per heavy atom. The highest BCUT2D eigenvalue weighted by Gasteiger charge is 2.32. The summed E-state index contributed by atoms with van der Waals surface area (Å²) in [5.74, 6) is 0.0419. The zero-order valence-electron chi connectivity index (χ0n) is 13.0. The first-order chi connectivity index (χ1) is 10.6. The van der Waals surface area contributed by atoms with E-state index in [1.54, 1.807) is 24.2 Å². The number of carbonyl (C=O) groups excluding carboxylic acids is 1. The molecule has 1 aromatic rings. The van der Waals surface area contributed by atoms with Crippen molar-refractivity contribution < 1.29 is 9.18 Å². The van der Waals surface area contributed by atoms with Gasteiger partial charge in [0.1, 0.15) is 12.5 Å². The van der Waals surface area contributed by atoms with Crippen LogP contribution in [0.5, 0.6) is 0 Å². The van der Waals surface area contributed by atoms with Gasteiger partial charge >= 0.3 is 0 Å². The van der Waals surface area contributed by atoms with Gasteiger partial charge < -0.3 is 5.32 Å². The Bertz CT molecular complexity index is 472. The van der Waals surface area contributed by atoms with Crippen LogP contribution in [0.15, 0.2) is 18.7 Å². The minimum absolute atomic E-state index is 0.0264. The van der Waals surface area contributed by atoms with Crippen LogP contribution in [0.2, 0.25) is 0 Å². The van der Waals surface area contributed by atoms with Crippen molar-refractivity contribution in [2.24, 2.45) is 0 Å². The van der Waals surface area contributed by atoms with E-state index in [2.05, 4.69) is 20.2 Å². The van der Waals surface area contributed by atoms with Gasteiger partial charge in [-0.2, -0.15) is 11.8 Å². The van der Waals surface area contributed by atoms with E-state index in [1.165, 1.54) is 6.33 Å². The molecule has 22 heavy (non-hydrogen) atoms. The van der Waals surface area contributed by atoms with Gasteiger partial charge in [-0.15, -0.1) is 0 Å². The fourth-order valence-corrected chi connectivity index (χ4v) is 3.40. The molecule has 0 saturated carbocycles. The molecule has 0 unspecified atom stereocenters. The van der Waals surface area contributed by atoms with E-state index < -0.39 is 6.17 Å². The van der Waals surface area contributed by atoms with Crippen LogP contribution in [0.4, 0.5) is 4.39 Å². The quantitative estimate of drug-likeness (QED) is 0.825. The van der Waals surface area contributed by atoms with Crippen LogP contribution in [0.25, 0.3) is 0 Å². The van der Waals surface area contributed by atoms with Crippen LogP contribution in [-0.4, -0.2) is 57.6 Å². The highest BCUT2D eigenvalue weighted by Crippen LogP contribution is 2.22. The average molecular weight is 326 g/mol. The normalized spacial score (nSPS) is 23.4. The van der Waals surface area contributed by atoms with Gasteiger partial charge in [-0.1, -0.05) is 6.92 Å². The lowest BCUT2D eigenvalue weighted by atomic mass is 10.2. The van der Waals surface area contributed by atoms with Gasteiger partial charge in [0.2, 0.25) is 5.91 Å². The smallest absolute Gasteiger partial charge is 0.233 e. The van der Waals surface area contributed by atoms with E-state index in [4.69, 9.17) is 0 Å². The third kappa shape index (κ3) is 4.64. The molecule has 2 rings (SSSR count). The Balaban J connectivity index is 1.89. The predicted molar refractivity (Wildman–Crippen MR) is 86.3 cm³/mol. The summed E-state index contributed by atoms with van der Waals surface area (Å²) in [5, 5.41) is 2.93. The van der Waals surface area contributed by atoms with Gasteiger partial charge in [-0.3, -0.25) is 9.69 Å². The molecule has 122 valence electrons. The Morgan fingerprint density at radius 3 is 2.91 bits per heavy atom. The zero-order valence-corrected chi connectivity index (χ0v) is 13.9. The van der Waals surface area contributed by atoms with Crippen molar-refractivity contribution >= 4 is 17.7 Å². The lowest BCUT2D eigenvalue weighted by molar-refractivity contribution is -0.120. The number of nitrogens with zero attached hydrogens (tertiary/aromatic N) is 3. The molecule has 1 fully saturated rings. The fourth-order valence-electron chi connectivity index (χ4n) is 2.77. The second kappa shape index (κ2) is 8.43. The summed E-state index contributed by atoms with van der Waals surface area (Å²) in [6.45, 7) is 3.50. The number of rotatable bonds is 7. The SMILES string of the molecule is CC[C@@H](SC)C(=O)NC[C@@H]1C[C@H](F)CN1Cc1cncnc1. The van der Waals surface area contributed by atoms with Crippen LogP contribution in [0.1, 0.15) is 25.3 Å². The number of halogens is 1. The largest absolute Gasteiger partial charge is 0.354 e. The molecular formula is C15H23FN4OS. The van der Waals surface area contributed by atoms with Gasteiger partial charge in [-0.25, -0.2) is 14.4 Å². The van der Waals surface area contributed by atoms with E-state index >= 15 is 0 Å². The first-order valence-electron chi connectivity index (χ1n) is 7.56. The monoisotopic (exact) mass is 326 g/mol. The van der Waals surface area contributed by atoms with Crippen molar-refractivity contribution in [2.45, 2.75) is 43.8 Å². The molecule has 1 saturated heterocycles. The summed E-state index contributed by atoms with van der Waals surface area (Å²) in [4.78, 5) is 22.1. The molecule has 0 radical (unpaired) electrons. The number of nitrogens with one attached hydrogen (secondary N) is 1. The first kappa shape index (κ1) is 17.1. The molecule has 1 aliphatic heterocycles. The predicted octanol–water partition coefficient (Wildman–Crippen LogP) is 1.65. The number of amides is 1. The molecular weight excluding hydrogens is 303 g/mol. The highest BCUT2D eigenvalue weighted by molar-refractivity contribution is 7.99. The summed E-state index contributed by atoms with van der Waals surface area (Å²) in [6, 6.07) is 0.0264. The first-order valence-corrected chi connectivity index (χ1v) is 8.85. The summed E-state index contributed by atoms with van der Waals surface area (Å²) in [6.07, 6.45) is 7.33. The van der Waals surface area contributed by atoms with E-state index in [0.717, 1.165) is 12.0 Å². The third-order valence-corrected chi connectivity index (χ3v) is 5.05. The van der Waals surface area contributed by atoms with Crippen molar-refractivity contribution in [1.29, 1.82) is 0 Å². The van der Waals surface area contributed by atoms with Gasteiger partial charge in [0.15, 0.2) is 0 Å². The van der Waals surface area contributed by atoms with Crippen molar-refractivity contribution in [3.8, 4) is 0 Å². The van der Waals surface area contributed by atoms with Crippen molar-refractivity contribution in [2.75, 3.05) is 19.3 Å². The molecule has 7 heteroatoms. The Labute approximate surface area is 135 Å². The Kier molecular flexibility index (Phi) is 6.57. The molecule has 1 aliphatic rings. The standard InChI is InChI=1S/C15H23FN4OS/c1-3-14(22-2)15(21)19-7-13-4-12(16)9-20(13)8-11-5-17-10-18-6-11/h5-6,10,12-14H,3-4,7-9H2,1-2H3,(H,19,21)/t12-,13-,14+/m0/s1. The number of aromatic nitrogens is 2. The molecule has 0 spiro atoms. The minimum Gasteiger partial charge on any atom is -0.354 e. The second-order valence-corrected chi connectivity index (χ2v) is 6.58. The van der Waals surface area contributed by atoms with E-state index in [1.807, 2.05) is 13.2 Å². The number of alkyl halides is 1. The Morgan fingerprint density at radius 1 is 1.55 bits per heavy atom. The number of likely N-dealkylation sites (tertiary alicyclic amines) is 1. The Hall–Kier alpha value is -1.21. The molecule has 2 heterocycles. The fraction of sp³-hybridized carbons (Fsp3) is 0.667.